The van der Waals surface area contributed by atoms with Gasteiger partial charge in [0.05, 0.1) is 0 Å². The van der Waals surface area contributed by atoms with Crippen LogP contribution in [0.4, 0.5) is 4.39 Å². The van der Waals surface area contributed by atoms with Gasteiger partial charge in [0.15, 0.2) is 0 Å². The number of benzene rings is 1. The Morgan fingerprint density at radius 2 is 2.22 bits per heavy atom. The van der Waals surface area contributed by atoms with Crippen LogP contribution in [-0.4, -0.2) is 0 Å². The van der Waals surface area contributed by atoms with Crippen LogP contribution in [0.3, 0.4) is 0 Å². The maximum absolute atomic E-state index is 13.3. The van der Waals surface area contributed by atoms with Crippen LogP contribution in [0.25, 0.3) is 0 Å². The molecule has 1 aromatic carbocycles. The number of rotatable bonds is 4. The normalized spacial score (nSPS) is 31.8. The Bertz CT molecular complexity index is 421. The van der Waals surface area contributed by atoms with Crippen LogP contribution < -0.4 is 11.3 Å². The molecule has 0 spiro atoms. The summed E-state index contributed by atoms with van der Waals surface area (Å²) in [4.78, 5) is 0. The third-order valence-corrected chi connectivity index (χ3v) is 4.88. The molecule has 4 unspecified atom stereocenters. The minimum absolute atomic E-state index is 0.0880. The predicted molar refractivity (Wildman–Crippen MR) is 70.0 cm³/mol. The average molecular weight is 248 g/mol. The van der Waals surface area contributed by atoms with E-state index in [9.17, 15) is 4.39 Å². The molecule has 0 aromatic heterocycles. The zero-order valence-corrected chi connectivity index (χ0v) is 10.6. The summed E-state index contributed by atoms with van der Waals surface area (Å²) in [5.74, 6) is 8.09. The molecule has 2 aliphatic rings. The first kappa shape index (κ1) is 12.1. The van der Waals surface area contributed by atoms with Gasteiger partial charge < -0.3 is 0 Å². The highest BCUT2D eigenvalue weighted by molar-refractivity contribution is 5.20. The Balaban J connectivity index is 1.69. The molecule has 18 heavy (non-hydrogen) atoms. The van der Waals surface area contributed by atoms with E-state index in [0.29, 0.717) is 0 Å². The Morgan fingerprint density at radius 1 is 1.33 bits per heavy atom. The van der Waals surface area contributed by atoms with Gasteiger partial charge in [-0.25, -0.2) is 4.39 Å². The van der Waals surface area contributed by atoms with Crippen molar-refractivity contribution >= 4 is 0 Å². The molecule has 0 aliphatic heterocycles. The molecule has 3 N–H and O–H groups in total. The summed E-state index contributed by atoms with van der Waals surface area (Å²) < 4.78 is 13.3. The quantitative estimate of drug-likeness (QED) is 0.634. The molecule has 2 fully saturated rings. The Kier molecular flexibility index (Phi) is 3.35. The highest BCUT2D eigenvalue weighted by Gasteiger charge is 2.40. The molecule has 3 heteroatoms. The summed E-state index contributed by atoms with van der Waals surface area (Å²) in [5.41, 5.74) is 3.84. The van der Waals surface area contributed by atoms with Gasteiger partial charge >= 0.3 is 0 Å². The van der Waals surface area contributed by atoms with Crippen LogP contribution in [0.5, 0.6) is 0 Å². The Labute approximate surface area is 108 Å². The van der Waals surface area contributed by atoms with E-state index in [1.165, 1.54) is 31.7 Å². The van der Waals surface area contributed by atoms with E-state index >= 15 is 0 Å². The number of hydrogen-bond acceptors (Lipinski definition) is 2. The lowest BCUT2D eigenvalue weighted by atomic mass is 9.83. The van der Waals surface area contributed by atoms with E-state index in [1.54, 1.807) is 12.1 Å². The maximum atomic E-state index is 13.3. The average Bonchev–Trinajstić information content (AvgIpc) is 2.98. The zero-order chi connectivity index (χ0) is 12.5. The van der Waals surface area contributed by atoms with Gasteiger partial charge in [-0.05, 0) is 61.1 Å². The number of fused-ring (bicyclic) bond motifs is 2. The van der Waals surface area contributed by atoms with Crippen molar-refractivity contribution in [1.82, 2.24) is 5.43 Å². The summed E-state index contributed by atoms with van der Waals surface area (Å²) in [5, 5.41) is 0. The van der Waals surface area contributed by atoms with Crippen molar-refractivity contribution in [2.24, 2.45) is 23.6 Å². The van der Waals surface area contributed by atoms with Crippen molar-refractivity contribution in [2.75, 3.05) is 0 Å². The Morgan fingerprint density at radius 3 is 2.83 bits per heavy atom. The molecule has 2 nitrogen and oxygen atoms in total. The van der Waals surface area contributed by atoms with Gasteiger partial charge in [0.1, 0.15) is 5.82 Å². The standard InChI is InChI=1S/C15H21FN2/c16-14-3-1-2-12(8-14)15(18-17)9-13-7-10-4-5-11(13)6-10/h1-3,8,10-11,13,15,18H,4-7,9,17H2. The zero-order valence-electron chi connectivity index (χ0n) is 10.6. The topological polar surface area (TPSA) is 38.0 Å². The second kappa shape index (κ2) is 4.98. The summed E-state index contributed by atoms with van der Waals surface area (Å²) in [7, 11) is 0. The maximum Gasteiger partial charge on any atom is 0.123 e. The molecule has 0 radical (unpaired) electrons. The predicted octanol–water partition coefficient (Wildman–Crippen LogP) is 3.16. The first-order valence-corrected chi connectivity index (χ1v) is 6.98. The van der Waals surface area contributed by atoms with Gasteiger partial charge in [0.25, 0.3) is 0 Å². The molecule has 2 bridgehead atoms. The van der Waals surface area contributed by atoms with Crippen LogP contribution in [0.15, 0.2) is 24.3 Å². The van der Waals surface area contributed by atoms with E-state index in [4.69, 9.17) is 5.84 Å². The number of hydrazine groups is 1. The van der Waals surface area contributed by atoms with Gasteiger partial charge in [0, 0.05) is 6.04 Å². The fourth-order valence-electron chi connectivity index (χ4n) is 3.99. The van der Waals surface area contributed by atoms with Crippen LogP contribution in [-0.2, 0) is 0 Å². The van der Waals surface area contributed by atoms with Crippen LogP contribution >= 0.6 is 0 Å². The summed E-state index contributed by atoms with van der Waals surface area (Å²) in [6, 6.07) is 6.88. The third-order valence-electron chi connectivity index (χ3n) is 4.88. The second-order valence-electron chi connectivity index (χ2n) is 5.94. The molecule has 0 heterocycles. The molecular weight excluding hydrogens is 227 g/mol. The smallest absolute Gasteiger partial charge is 0.123 e. The molecular formula is C15H21FN2. The van der Waals surface area contributed by atoms with Crippen LogP contribution in [0, 0.1) is 23.6 Å². The number of nitrogens with two attached hydrogens (primary N) is 1. The van der Waals surface area contributed by atoms with Crippen molar-refractivity contribution in [3.05, 3.63) is 35.6 Å². The van der Waals surface area contributed by atoms with Crippen molar-refractivity contribution in [3.63, 3.8) is 0 Å². The molecule has 0 amide bonds. The SMILES string of the molecule is NNC(CC1CC2CCC1C2)c1cccc(F)c1. The first-order chi connectivity index (χ1) is 8.76. The lowest BCUT2D eigenvalue weighted by Gasteiger charge is -2.26. The fraction of sp³-hybridized carbons (Fsp3) is 0.600. The minimum Gasteiger partial charge on any atom is -0.271 e. The van der Waals surface area contributed by atoms with Gasteiger partial charge in [-0.2, -0.15) is 0 Å². The minimum atomic E-state index is -0.180. The highest BCUT2D eigenvalue weighted by Crippen LogP contribution is 2.50. The van der Waals surface area contributed by atoms with Crippen molar-refractivity contribution in [1.29, 1.82) is 0 Å². The molecule has 98 valence electrons. The lowest BCUT2D eigenvalue weighted by Crippen LogP contribution is -2.30. The molecule has 2 aliphatic carbocycles. The number of halogens is 1. The van der Waals surface area contributed by atoms with Crippen molar-refractivity contribution in [2.45, 2.75) is 38.1 Å². The van der Waals surface area contributed by atoms with Gasteiger partial charge in [-0.1, -0.05) is 18.6 Å². The monoisotopic (exact) mass is 248 g/mol. The number of nitrogens with one attached hydrogen (secondary N) is 1. The summed E-state index contributed by atoms with van der Waals surface area (Å²) in [6.07, 6.45) is 6.60. The van der Waals surface area contributed by atoms with Crippen LogP contribution in [0.1, 0.15) is 43.7 Å². The second-order valence-corrected chi connectivity index (χ2v) is 5.94. The molecule has 4 atom stereocenters. The van der Waals surface area contributed by atoms with Crippen molar-refractivity contribution < 1.29 is 4.39 Å². The third kappa shape index (κ3) is 2.29. The summed E-state index contributed by atoms with van der Waals surface area (Å²) >= 11 is 0. The van der Waals surface area contributed by atoms with E-state index in [2.05, 4.69) is 5.43 Å². The number of hydrogen-bond donors (Lipinski definition) is 2. The van der Waals surface area contributed by atoms with Crippen molar-refractivity contribution in [3.8, 4) is 0 Å². The summed E-state index contributed by atoms with van der Waals surface area (Å²) in [6.45, 7) is 0. The molecule has 0 saturated heterocycles. The van der Waals surface area contributed by atoms with E-state index in [0.717, 1.165) is 29.7 Å². The highest BCUT2D eigenvalue weighted by atomic mass is 19.1. The molecule has 2 saturated carbocycles. The van der Waals surface area contributed by atoms with E-state index in [1.807, 2.05) is 6.07 Å². The molecule has 1 aromatic rings. The molecule has 3 rings (SSSR count). The van der Waals surface area contributed by atoms with Crippen LogP contribution in [0.2, 0.25) is 0 Å². The van der Waals surface area contributed by atoms with Gasteiger partial charge in [-0.3, -0.25) is 11.3 Å². The van der Waals surface area contributed by atoms with E-state index < -0.39 is 0 Å². The fourth-order valence-corrected chi connectivity index (χ4v) is 3.99. The lowest BCUT2D eigenvalue weighted by molar-refractivity contribution is 0.280. The largest absolute Gasteiger partial charge is 0.271 e. The van der Waals surface area contributed by atoms with Gasteiger partial charge in [-0.15, -0.1) is 0 Å². The van der Waals surface area contributed by atoms with Gasteiger partial charge in [0.2, 0.25) is 0 Å². The first-order valence-electron chi connectivity index (χ1n) is 6.98. The Hall–Kier alpha value is -0.930. The van der Waals surface area contributed by atoms with E-state index in [-0.39, 0.29) is 11.9 Å².